The van der Waals surface area contributed by atoms with Gasteiger partial charge in [-0.3, -0.25) is 0 Å². The van der Waals surface area contributed by atoms with Crippen molar-refractivity contribution in [2.75, 3.05) is 19.8 Å². The van der Waals surface area contributed by atoms with Gasteiger partial charge in [-0.25, -0.2) is 0 Å². The van der Waals surface area contributed by atoms with E-state index >= 15 is 0 Å². The Labute approximate surface area is 128 Å². The summed E-state index contributed by atoms with van der Waals surface area (Å²) in [5.74, 6) is 0.0688. The zero-order valence-electron chi connectivity index (χ0n) is 12.2. The number of benzene rings is 1. The first kappa shape index (κ1) is 18.3. The Hall–Kier alpha value is -0.780. The van der Waals surface area contributed by atoms with Crippen LogP contribution < -0.4 is 5.32 Å². The number of hydrogen-bond donors (Lipinski definition) is 1. The molecule has 0 aliphatic rings. The molecule has 1 rings (SSSR count). The van der Waals surface area contributed by atoms with E-state index in [2.05, 4.69) is 5.32 Å². The van der Waals surface area contributed by atoms with E-state index in [1.807, 2.05) is 32.0 Å². The van der Waals surface area contributed by atoms with Gasteiger partial charge in [0.2, 0.25) is 0 Å². The molecule has 1 unspecified atom stereocenters. The van der Waals surface area contributed by atoms with E-state index in [4.69, 9.17) is 16.3 Å². The molecule has 0 aliphatic carbocycles. The van der Waals surface area contributed by atoms with Crippen LogP contribution in [0.3, 0.4) is 0 Å². The third kappa shape index (κ3) is 8.29. The maximum Gasteiger partial charge on any atom is 0.411 e. The molecule has 1 aromatic carbocycles. The van der Waals surface area contributed by atoms with Gasteiger partial charge in [0, 0.05) is 24.2 Å². The summed E-state index contributed by atoms with van der Waals surface area (Å²) in [6, 6.07) is 7.71. The molecule has 0 heterocycles. The first-order valence-electron chi connectivity index (χ1n) is 6.91. The van der Waals surface area contributed by atoms with E-state index in [9.17, 15) is 13.2 Å². The van der Waals surface area contributed by atoms with Gasteiger partial charge in [-0.2, -0.15) is 13.2 Å². The predicted octanol–water partition coefficient (Wildman–Crippen LogP) is 4.39. The van der Waals surface area contributed by atoms with Gasteiger partial charge in [-0.1, -0.05) is 37.6 Å². The van der Waals surface area contributed by atoms with Crippen molar-refractivity contribution >= 4 is 11.6 Å². The average Bonchev–Trinajstić information content (AvgIpc) is 2.36. The standard InChI is InChI=1S/C15H21ClF3NO/c1-11(2)20-9-13(6-7-21-10-15(17,18)19)12-4-3-5-14(16)8-12/h3-5,8,11,13,20H,6-7,9-10H2,1-2H3. The van der Waals surface area contributed by atoms with Gasteiger partial charge in [0.25, 0.3) is 0 Å². The zero-order chi connectivity index (χ0) is 15.9. The molecular weight excluding hydrogens is 303 g/mol. The lowest BCUT2D eigenvalue weighted by Crippen LogP contribution is -2.29. The molecule has 120 valence electrons. The molecule has 1 atom stereocenters. The van der Waals surface area contributed by atoms with Crippen molar-refractivity contribution in [3.8, 4) is 0 Å². The third-order valence-corrected chi connectivity index (χ3v) is 3.20. The molecule has 0 aliphatic heterocycles. The van der Waals surface area contributed by atoms with E-state index < -0.39 is 12.8 Å². The van der Waals surface area contributed by atoms with Crippen molar-refractivity contribution in [2.45, 2.75) is 38.4 Å². The Morgan fingerprint density at radius 3 is 2.57 bits per heavy atom. The van der Waals surface area contributed by atoms with Crippen LogP contribution in [0.15, 0.2) is 24.3 Å². The van der Waals surface area contributed by atoms with Crippen LogP contribution in [-0.2, 0) is 4.74 Å². The molecule has 0 saturated heterocycles. The molecule has 0 radical (unpaired) electrons. The fourth-order valence-electron chi connectivity index (χ4n) is 1.94. The first-order chi connectivity index (χ1) is 9.78. The van der Waals surface area contributed by atoms with Gasteiger partial charge in [-0.05, 0) is 30.0 Å². The topological polar surface area (TPSA) is 21.3 Å². The van der Waals surface area contributed by atoms with Crippen molar-refractivity contribution in [1.29, 1.82) is 0 Å². The smallest absolute Gasteiger partial charge is 0.372 e. The zero-order valence-corrected chi connectivity index (χ0v) is 13.0. The van der Waals surface area contributed by atoms with Gasteiger partial charge < -0.3 is 10.1 Å². The largest absolute Gasteiger partial charge is 0.411 e. The van der Waals surface area contributed by atoms with E-state index in [1.165, 1.54) is 0 Å². The Balaban J connectivity index is 2.56. The summed E-state index contributed by atoms with van der Waals surface area (Å²) in [5.41, 5.74) is 1.01. The number of alkyl halides is 3. The molecule has 0 aromatic heterocycles. The number of rotatable bonds is 8. The summed E-state index contributed by atoms with van der Waals surface area (Å²) in [7, 11) is 0. The van der Waals surface area contributed by atoms with Gasteiger partial charge in [0.15, 0.2) is 0 Å². The summed E-state index contributed by atoms with van der Waals surface area (Å²) < 4.78 is 40.9. The van der Waals surface area contributed by atoms with Crippen molar-refractivity contribution in [1.82, 2.24) is 5.32 Å². The molecule has 2 nitrogen and oxygen atoms in total. The monoisotopic (exact) mass is 323 g/mol. The Kier molecular flexibility index (Phi) is 7.49. The highest BCUT2D eigenvalue weighted by Crippen LogP contribution is 2.23. The minimum atomic E-state index is -4.28. The Morgan fingerprint density at radius 2 is 2.00 bits per heavy atom. The molecular formula is C15H21ClF3NO. The summed E-state index contributed by atoms with van der Waals surface area (Å²) in [6.45, 7) is 3.58. The van der Waals surface area contributed by atoms with E-state index in [0.29, 0.717) is 24.0 Å². The molecule has 0 saturated carbocycles. The number of hydrogen-bond acceptors (Lipinski definition) is 2. The van der Waals surface area contributed by atoms with E-state index in [1.54, 1.807) is 6.07 Å². The quantitative estimate of drug-likeness (QED) is 0.716. The number of nitrogens with one attached hydrogen (secondary N) is 1. The van der Waals surface area contributed by atoms with Crippen LogP contribution in [0.4, 0.5) is 13.2 Å². The molecule has 0 fully saturated rings. The normalized spacial score (nSPS) is 13.7. The highest BCUT2D eigenvalue weighted by atomic mass is 35.5. The van der Waals surface area contributed by atoms with Gasteiger partial charge >= 0.3 is 6.18 Å². The first-order valence-corrected chi connectivity index (χ1v) is 7.29. The molecule has 0 spiro atoms. The SMILES string of the molecule is CC(C)NCC(CCOCC(F)(F)F)c1cccc(Cl)c1. The van der Waals surface area contributed by atoms with E-state index in [0.717, 1.165) is 5.56 Å². The van der Waals surface area contributed by atoms with Crippen LogP contribution in [0.1, 0.15) is 31.7 Å². The van der Waals surface area contributed by atoms with Crippen molar-refractivity contribution < 1.29 is 17.9 Å². The summed E-state index contributed by atoms with van der Waals surface area (Å²) >= 11 is 5.97. The second-order valence-electron chi connectivity index (χ2n) is 5.27. The van der Waals surface area contributed by atoms with Crippen LogP contribution in [-0.4, -0.2) is 32.0 Å². The van der Waals surface area contributed by atoms with Crippen molar-refractivity contribution in [2.24, 2.45) is 0 Å². The second kappa shape index (κ2) is 8.61. The Bertz CT molecular complexity index is 424. The molecule has 1 N–H and O–H groups in total. The van der Waals surface area contributed by atoms with Crippen LogP contribution >= 0.6 is 11.6 Å². The molecule has 1 aromatic rings. The highest BCUT2D eigenvalue weighted by Gasteiger charge is 2.27. The lowest BCUT2D eigenvalue weighted by Gasteiger charge is -2.20. The second-order valence-corrected chi connectivity index (χ2v) is 5.71. The van der Waals surface area contributed by atoms with Crippen molar-refractivity contribution in [3.05, 3.63) is 34.9 Å². The summed E-state index contributed by atoms with van der Waals surface area (Å²) in [5, 5.41) is 3.92. The van der Waals surface area contributed by atoms with Gasteiger partial charge in [-0.15, -0.1) is 0 Å². The number of halogens is 4. The lowest BCUT2D eigenvalue weighted by atomic mass is 9.95. The van der Waals surface area contributed by atoms with Crippen LogP contribution in [0, 0.1) is 0 Å². The highest BCUT2D eigenvalue weighted by molar-refractivity contribution is 6.30. The van der Waals surface area contributed by atoms with Gasteiger partial charge in [0.1, 0.15) is 6.61 Å². The van der Waals surface area contributed by atoms with Crippen LogP contribution in [0.5, 0.6) is 0 Å². The lowest BCUT2D eigenvalue weighted by molar-refractivity contribution is -0.174. The fraction of sp³-hybridized carbons (Fsp3) is 0.600. The maximum atomic E-state index is 12.1. The van der Waals surface area contributed by atoms with Crippen LogP contribution in [0.2, 0.25) is 5.02 Å². The molecule has 0 bridgehead atoms. The van der Waals surface area contributed by atoms with Crippen molar-refractivity contribution in [3.63, 3.8) is 0 Å². The average molecular weight is 324 g/mol. The minimum Gasteiger partial charge on any atom is -0.372 e. The van der Waals surface area contributed by atoms with Crippen LogP contribution in [0.25, 0.3) is 0 Å². The predicted molar refractivity (Wildman–Crippen MR) is 78.8 cm³/mol. The maximum absolute atomic E-state index is 12.1. The molecule has 21 heavy (non-hydrogen) atoms. The number of ether oxygens (including phenoxy) is 1. The fourth-order valence-corrected chi connectivity index (χ4v) is 2.14. The minimum absolute atomic E-state index is 0.0659. The Morgan fingerprint density at radius 1 is 1.29 bits per heavy atom. The third-order valence-electron chi connectivity index (χ3n) is 2.97. The van der Waals surface area contributed by atoms with Gasteiger partial charge in [0.05, 0.1) is 0 Å². The molecule has 6 heteroatoms. The summed E-state index contributed by atoms with van der Waals surface area (Å²) in [4.78, 5) is 0. The molecule has 0 amide bonds. The summed E-state index contributed by atoms with van der Waals surface area (Å²) in [6.07, 6.45) is -3.77. The van der Waals surface area contributed by atoms with E-state index in [-0.39, 0.29) is 12.5 Å².